The fraction of sp³-hybridized carbons (Fsp3) is 1.00. The Morgan fingerprint density at radius 3 is 1.33 bits per heavy atom. The van der Waals surface area contributed by atoms with Crippen LogP contribution in [0.5, 0.6) is 0 Å². The topological polar surface area (TPSA) is 50.7 Å². The predicted molar refractivity (Wildman–Crippen MR) is 37.7 cm³/mol. The Morgan fingerprint density at radius 1 is 1.22 bits per heavy atom. The van der Waals surface area contributed by atoms with E-state index in [9.17, 15) is 5.11 Å². The number of hydrogen-bond acceptors (Lipinski definition) is 1. The van der Waals surface area contributed by atoms with E-state index in [4.69, 9.17) is 0 Å². The third-order valence-electron chi connectivity index (χ3n) is 0.577. The summed E-state index contributed by atoms with van der Waals surface area (Å²) in [6.45, 7) is 8.60. The summed E-state index contributed by atoms with van der Waals surface area (Å²) in [5.41, 5.74) is 3.69. The van der Waals surface area contributed by atoms with Gasteiger partial charge in [0.15, 0.2) is 0 Å². The van der Waals surface area contributed by atoms with Gasteiger partial charge in [-0.05, 0) is 0 Å². The maximum absolute atomic E-state index is 9.53. The molecule has 0 aliphatic heterocycles. The molecule has 0 saturated carbocycles. The van der Waals surface area contributed by atoms with Gasteiger partial charge in [0.2, 0.25) is 0 Å². The Kier molecular flexibility index (Phi) is 10.3. The maximum Gasteiger partial charge on any atom is 0.0763 e. The molecule has 0 atom stereocenters. The second-order valence-corrected chi connectivity index (χ2v) is 2.73. The highest BCUT2D eigenvalue weighted by Gasteiger charge is 1.83. The lowest BCUT2D eigenvalue weighted by atomic mass is 10.2. The van der Waals surface area contributed by atoms with E-state index in [1.54, 1.807) is 13.8 Å². The van der Waals surface area contributed by atoms with Crippen molar-refractivity contribution in [1.29, 1.82) is 0 Å². The van der Waals surface area contributed by atoms with Gasteiger partial charge in [0.25, 0.3) is 0 Å². The number of rotatable bonds is 1. The molecule has 0 fully saturated rings. The van der Waals surface area contributed by atoms with Crippen molar-refractivity contribution < 1.29 is 10.8 Å². The van der Waals surface area contributed by atoms with E-state index in [0.29, 0.717) is 0 Å². The third kappa shape index (κ3) is 75.3. The molecule has 0 amide bonds. The first kappa shape index (κ1) is 11.7. The van der Waals surface area contributed by atoms with Gasteiger partial charge in [0.05, 0.1) is 6.54 Å². The summed E-state index contributed by atoms with van der Waals surface area (Å²) in [6, 6.07) is 0. The Balaban J connectivity index is 0. The Morgan fingerprint density at radius 2 is 1.33 bits per heavy atom. The second kappa shape index (κ2) is 7.92. The molecular weight excluding hydrogens is 114 g/mol. The molecule has 0 aliphatic carbocycles. The van der Waals surface area contributed by atoms with E-state index in [0.717, 1.165) is 12.5 Å². The first-order valence-corrected chi connectivity index (χ1v) is 3.45. The van der Waals surface area contributed by atoms with Crippen molar-refractivity contribution in [3.05, 3.63) is 0 Å². The number of quaternary nitrogens is 1. The molecule has 0 heterocycles. The van der Waals surface area contributed by atoms with Gasteiger partial charge >= 0.3 is 0 Å². The fourth-order valence-electron chi connectivity index (χ4n) is 0. The average molecular weight is 133 g/mol. The highest BCUT2D eigenvalue weighted by atomic mass is 16.3. The molecule has 2 heteroatoms. The van der Waals surface area contributed by atoms with Crippen LogP contribution in [0.4, 0.5) is 0 Å². The normalized spacial score (nSPS) is 9.33. The molecule has 9 heavy (non-hydrogen) atoms. The molecule has 0 radical (unpaired) electrons. The van der Waals surface area contributed by atoms with Gasteiger partial charge in [-0.3, -0.25) is 0 Å². The van der Waals surface area contributed by atoms with E-state index in [1.807, 2.05) is 0 Å². The van der Waals surface area contributed by atoms with Crippen LogP contribution in [0.1, 0.15) is 27.7 Å². The van der Waals surface area contributed by atoms with Gasteiger partial charge in [-0.2, -0.15) is 0 Å². The maximum atomic E-state index is 9.53. The molecule has 0 aromatic rings. The summed E-state index contributed by atoms with van der Waals surface area (Å²) >= 11 is 0. The monoisotopic (exact) mass is 133 g/mol. The summed E-state index contributed by atoms with van der Waals surface area (Å²) in [6.07, 6.45) is -0.417. The first-order chi connectivity index (χ1) is 4.00. The van der Waals surface area contributed by atoms with Crippen molar-refractivity contribution in [3.8, 4) is 0 Å². The van der Waals surface area contributed by atoms with Crippen LogP contribution >= 0.6 is 0 Å². The Bertz CT molecular complexity index is 41.4. The zero-order valence-electron chi connectivity index (χ0n) is 6.98. The van der Waals surface area contributed by atoms with Crippen molar-refractivity contribution in [1.82, 2.24) is 0 Å². The van der Waals surface area contributed by atoms with Crippen LogP contribution in [0, 0.1) is 5.92 Å². The Labute approximate surface area is 58.1 Å². The van der Waals surface area contributed by atoms with Gasteiger partial charge in [0, 0.05) is 5.92 Å². The third-order valence-corrected chi connectivity index (χ3v) is 0.577. The zero-order chi connectivity index (χ0) is 7.86. The lowest BCUT2D eigenvalue weighted by Gasteiger charge is -2.02. The highest BCUT2D eigenvalue weighted by Crippen LogP contribution is 1.79. The quantitative estimate of drug-likeness (QED) is 0.522. The molecule has 2 nitrogen and oxygen atoms in total. The summed E-state index contributed by atoms with van der Waals surface area (Å²) in [4.78, 5) is 0. The molecule has 0 aliphatic rings. The summed E-state index contributed by atoms with van der Waals surface area (Å²) in [7, 11) is 0. The second-order valence-electron chi connectivity index (χ2n) is 2.73. The standard InChI is InChI=1S/C4H11N.C3H7O/c1-4(2)3-5;1-3(2)4/h4H,3,5H2,1-2H3;3H,1-2H3/q;-1/p+1. The first-order valence-electron chi connectivity index (χ1n) is 3.45. The minimum atomic E-state index is -0.417. The van der Waals surface area contributed by atoms with Crippen molar-refractivity contribution in [3.63, 3.8) is 0 Å². The summed E-state index contributed by atoms with van der Waals surface area (Å²) in [5, 5.41) is 9.53. The van der Waals surface area contributed by atoms with E-state index >= 15 is 0 Å². The van der Waals surface area contributed by atoms with Gasteiger partial charge in [-0.25, -0.2) is 0 Å². The van der Waals surface area contributed by atoms with Crippen molar-refractivity contribution in [2.24, 2.45) is 5.92 Å². The van der Waals surface area contributed by atoms with Gasteiger partial charge in [-0.15, -0.1) is 6.10 Å². The molecule has 0 rings (SSSR count). The zero-order valence-corrected chi connectivity index (χ0v) is 6.98. The van der Waals surface area contributed by atoms with Crippen LogP contribution in [0.25, 0.3) is 0 Å². The van der Waals surface area contributed by atoms with E-state index < -0.39 is 6.10 Å². The molecule has 58 valence electrons. The van der Waals surface area contributed by atoms with Crippen molar-refractivity contribution in [2.45, 2.75) is 33.8 Å². The van der Waals surface area contributed by atoms with Crippen LogP contribution < -0.4 is 10.8 Å². The molecule has 0 spiro atoms. The smallest absolute Gasteiger partial charge is 0.0763 e. The Hall–Kier alpha value is -0.0800. The molecule has 0 saturated heterocycles. The molecule has 0 aromatic carbocycles. The fourth-order valence-corrected chi connectivity index (χ4v) is 0. The van der Waals surface area contributed by atoms with E-state index in [-0.39, 0.29) is 0 Å². The minimum absolute atomic E-state index is 0.417. The SMILES string of the molecule is CC(C)C[NH3+].CC(C)[O-]. The highest BCUT2D eigenvalue weighted by molar-refractivity contribution is 4.30. The molecule has 0 aromatic heterocycles. The van der Waals surface area contributed by atoms with Crippen molar-refractivity contribution in [2.75, 3.05) is 6.54 Å². The van der Waals surface area contributed by atoms with E-state index in [2.05, 4.69) is 19.6 Å². The number of hydrogen-bond donors (Lipinski definition) is 1. The largest absolute Gasteiger partial charge is 0.852 e. The van der Waals surface area contributed by atoms with E-state index in [1.165, 1.54) is 0 Å². The van der Waals surface area contributed by atoms with Crippen LogP contribution in [0.2, 0.25) is 0 Å². The van der Waals surface area contributed by atoms with Crippen LogP contribution in [0.15, 0.2) is 0 Å². The minimum Gasteiger partial charge on any atom is -0.852 e. The van der Waals surface area contributed by atoms with Crippen LogP contribution in [0.3, 0.4) is 0 Å². The van der Waals surface area contributed by atoms with Gasteiger partial charge in [-0.1, -0.05) is 27.7 Å². The predicted octanol–water partition coefficient (Wildman–Crippen LogP) is -0.361. The van der Waals surface area contributed by atoms with Crippen LogP contribution in [-0.2, 0) is 0 Å². The molecule has 0 bridgehead atoms. The van der Waals surface area contributed by atoms with Gasteiger partial charge < -0.3 is 10.8 Å². The molecular formula is C7H19NO. The lowest BCUT2D eigenvalue weighted by molar-refractivity contribution is -0.407. The lowest BCUT2D eigenvalue weighted by Crippen LogP contribution is -2.52. The average Bonchev–Trinajstić information content (AvgIpc) is 1.65. The van der Waals surface area contributed by atoms with Crippen molar-refractivity contribution >= 4 is 0 Å². The molecule has 0 unspecified atom stereocenters. The summed E-state index contributed by atoms with van der Waals surface area (Å²) in [5.74, 6) is 0.773. The van der Waals surface area contributed by atoms with Crippen LogP contribution in [-0.4, -0.2) is 12.6 Å². The summed E-state index contributed by atoms with van der Waals surface area (Å²) < 4.78 is 0. The van der Waals surface area contributed by atoms with Gasteiger partial charge in [0.1, 0.15) is 0 Å². The molecule has 3 N–H and O–H groups in total.